The number of alkyl carbamates (subject to hydrolysis) is 1. The molecule has 0 fully saturated rings. The van der Waals surface area contributed by atoms with Crippen molar-refractivity contribution in [1.82, 2.24) is 10.3 Å². The van der Waals surface area contributed by atoms with Crippen molar-refractivity contribution in [2.24, 2.45) is 0 Å². The third kappa shape index (κ3) is 8.18. The molecule has 0 aliphatic carbocycles. The quantitative estimate of drug-likeness (QED) is 0.863. The van der Waals surface area contributed by atoms with E-state index >= 15 is 0 Å². The fourth-order valence-electron chi connectivity index (χ4n) is 1.77. The van der Waals surface area contributed by atoms with Gasteiger partial charge in [0.2, 0.25) is 0 Å². The zero-order chi connectivity index (χ0) is 17.7. The lowest BCUT2D eigenvalue weighted by atomic mass is 10.1. The third-order valence-electron chi connectivity index (χ3n) is 2.54. The first-order valence-corrected chi connectivity index (χ1v) is 7.57. The molecule has 1 unspecified atom stereocenters. The van der Waals surface area contributed by atoms with Crippen LogP contribution in [0.25, 0.3) is 0 Å². The van der Waals surface area contributed by atoms with Crippen molar-refractivity contribution in [2.45, 2.75) is 65.2 Å². The summed E-state index contributed by atoms with van der Waals surface area (Å²) in [5.41, 5.74) is -0.462. The molecule has 0 aromatic carbocycles. The smallest absolute Gasteiger partial charge is 0.408 e. The van der Waals surface area contributed by atoms with Crippen LogP contribution in [0.4, 0.5) is 4.79 Å². The van der Waals surface area contributed by atoms with Gasteiger partial charge in [-0.25, -0.2) is 9.59 Å². The Hall–Kier alpha value is -2.11. The Morgan fingerprint density at radius 1 is 1.13 bits per heavy atom. The number of pyridine rings is 1. The van der Waals surface area contributed by atoms with Gasteiger partial charge in [-0.2, -0.15) is 0 Å². The van der Waals surface area contributed by atoms with Crippen LogP contribution in [0, 0.1) is 0 Å². The summed E-state index contributed by atoms with van der Waals surface area (Å²) in [5.74, 6) is -0.507. The highest BCUT2D eigenvalue weighted by molar-refractivity contribution is 5.82. The van der Waals surface area contributed by atoms with Gasteiger partial charge in [0.25, 0.3) is 0 Å². The number of hydrogen-bond donors (Lipinski definition) is 1. The number of rotatable bonds is 4. The Bertz CT molecular complexity index is 530. The largest absolute Gasteiger partial charge is 0.458 e. The van der Waals surface area contributed by atoms with E-state index in [4.69, 9.17) is 9.47 Å². The van der Waals surface area contributed by atoms with E-state index < -0.39 is 29.3 Å². The van der Waals surface area contributed by atoms with Crippen molar-refractivity contribution in [1.29, 1.82) is 0 Å². The molecule has 1 N–H and O–H groups in total. The number of aromatic nitrogens is 1. The third-order valence-corrected chi connectivity index (χ3v) is 2.54. The number of nitrogens with one attached hydrogen (secondary N) is 1. The normalized spacial score (nSPS) is 13.1. The maximum absolute atomic E-state index is 12.4. The van der Waals surface area contributed by atoms with Crippen molar-refractivity contribution in [3.8, 4) is 0 Å². The predicted molar refractivity (Wildman–Crippen MR) is 86.9 cm³/mol. The SMILES string of the molecule is CC(C)(C)OC(=O)NC(Cc1cccnc1)C(=O)OC(C)(C)C. The van der Waals surface area contributed by atoms with E-state index in [-0.39, 0.29) is 6.42 Å². The Kier molecular flexibility index (Phi) is 6.12. The molecule has 1 aromatic rings. The molecule has 23 heavy (non-hydrogen) atoms. The number of ether oxygens (including phenoxy) is 2. The molecule has 1 heterocycles. The molecule has 0 radical (unpaired) electrons. The molecule has 0 aliphatic heterocycles. The van der Waals surface area contributed by atoms with Crippen LogP contribution in [0.15, 0.2) is 24.5 Å². The minimum atomic E-state index is -0.840. The second-order valence-corrected chi connectivity index (χ2v) is 7.30. The maximum atomic E-state index is 12.4. The fourth-order valence-corrected chi connectivity index (χ4v) is 1.77. The van der Waals surface area contributed by atoms with Gasteiger partial charge in [0.15, 0.2) is 0 Å². The zero-order valence-corrected chi connectivity index (χ0v) is 14.7. The summed E-state index contributed by atoms with van der Waals surface area (Å²) < 4.78 is 10.6. The monoisotopic (exact) mass is 322 g/mol. The zero-order valence-electron chi connectivity index (χ0n) is 14.7. The lowest BCUT2D eigenvalue weighted by Crippen LogP contribution is -2.47. The summed E-state index contributed by atoms with van der Waals surface area (Å²) >= 11 is 0. The summed E-state index contributed by atoms with van der Waals surface area (Å²) in [6.07, 6.45) is 2.92. The highest BCUT2D eigenvalue weighted by atomic mass is 16.6. The summed E-state index contributed by atoms with van der Waals surface area (Å²) in [6, 6.07) is 2.77. The highest BCUT2D eigenvalue weighted by Crippen LogP contribution is 2.12. The van der Waals surface area contributed by atoms with Crippen molar-refractivity contribution in [3.63, 3.8) is 0 Å². The molecule has 6 heteroatoms. The predicted octanol–water partition coefficient (Wildman–Crippen LogP) is 2.86. The summed E-state index contributed by atoms with van der Waals surface area (Å²) in [6.45, 7) is 10.6. The lowest BCUT2D eigenvalue weighted by molar-refractivity contribution is -0.157. The van der Waals surface area contributed by atoms with Gasteiger partial charge in [-0.15, -0.1) is 0 Å². The summed E-state index contributed by atoms with van der Waals surface area (Å²) in [5, 5.41) is 2.58. The van der Waals surface area contributed by atoms with Gasteiger partial charge in [0.05, 0.1) is 0 Å². The van der Waals surface area contributed by atoms with Crippen LogP contribution in [0.2, 0.25) is 0 Å². The van der Waals surface area contributed by atoms with Crippen LogP contribution in [0.5, 0.6) is 0 Å². The van der Waals surface area contributed by atoms with E-state index in [9.17, 15) is 9.59 Å². The second-order valence-electron chi connectivity index (χ2n) is 7.30. The van der Waals surface area contributed by atoms with Crippen LogP contribution in [-0.4, -0.2) is 34.3 Å². The molecular weight excluding hydrogens is 296 g/mol. The second kappa shape index (κ2) is 7.44. The van der Waals surface area contributed by atoms with Crippen molar-refractivity contribution in [3.05, 3.63) is 30.1 Å². The van der Waals surface area contributed by atoms with E-state index in [0.29, 0.717) is 0 Å². The standard InChI is InChI=1S/C17H26N2O4/c1-16(2,3)22-14(20)13(10-12-8-7-9-18-11-12)19-15(21)23-17(4,5)6/h7-9,11,13H,10H2,1-6H3,(H,19,21). The molecule has 0 aliphatic rings. The first-order valence-electron chi connectivity index (χ1n) is 7.57. The maximum Gasteiger partial charge on any atom is 0.408 e. The van der Waals surface area contributed by atoms with Crippen LogP contribution in [-0.2, 0) is 20.7 Å². The lowest BCUT2D eigenvalue weighted by Gasteiger charge is -2.26. The van der Waals surface area contributed by atoms with E-state index in [1.165, 1.54) is 0 Å². The molecule has 128 valence electrons. The molecule has 1 amide bonds. The summed E-state index contributed by atoms with van der Waals surface area (Å²) in [7, 11) is 0. The van der Waals surface area contributed by atoms with E-state index in [2.05, 4.69) is 10.3 Å². The molecule has 0 bridgehead atoms. The number of carbonyl (C=O) groups is 2. The summed E-state index contributed by atoms with van der Waals surface area (Å²) in [4.78, 5) is 28.3. The average molecular weight is 322 g/mol. The number of hydrogen-bond acceptors (Lipinski definition) is 5. The van der Waals surface area contributed by atoms with Gasteiger partial charge in [0.1, 0.15) is 17.2 Å². The average Bonchev–Trinajstić information content (AvgIpc) is 2.34. The van der Waals surface area contributed by atoms with Crippen LogP contribution in [0.1, 0.15) is 47.1 Å². The van der Waals surface area contributed by atoms with Gasteiger partial charge in [-0.3, -0.25) is 4.98 Å². The molecule has 0 saturated heterocycles. The first kappa shape index (κ1) is 18.9. The highest BCUT2D eigenvalue weighted by Gasteiger charge is 2.28. The van der Waals surface area contributed by atoms with Crippen LogP contribution in [0.3, 0.4) is 0 Å². The molecule has 0 spiro atoms. The molecule has 1 aromatic heterocycles. The molecule has 6 nitrogen and oxygen atoms in total. The number of esters is 1. The Labute approximate surface area is 137 Å². The molecule has 1 rings (SSSR count). The van der Waals surface area contributed by atoms with Crippen molar-refractivity contribution >= 4 is 12.1 Å². The number of nitrogens with zero attached hydrogens (tertiary/aromatic N) is 1. The van der Waals surface area contributed by atoms with Gasteiger partial charge in [0, 0.05) is 18.8 Å². The topological polar surface area (TPSA) is 77.5 Å². The van der Waals surface area contributed by atoms with Crippen molar-refractivity contribution in [2.75, 3.05) is 0 Å². The Morgan fingerprint density at radius 3 is 2.22 bits per heavy atom. The minimum Gasteiger partial charge on any atom is -0.458 e. The molecule has 1 atom stereocenters. The van der Waals surface area contributed by atoms with Gasteiger partial charge >= 0.3 is 12.1 Å². The minimum absolute atomic E-state index is 0.280. The first-order chi connectivity index (χ1) is 10.5. The number of amides is 1. The van der Waals surface area contributed by atoms with E-state index in [1.54, 1.807) is 60.0 Å². The van der Waals surface area contributed by atoms with Gasteiger partial charge in [-0.05, 0) is 53.2 Å². The van der Waals surface area contributed by atoms with Crippen LogP contribution < -0.4 is 5.32 Å². The number of carbonyl (C=O) groups excluding carboxylic acids is 2. The Morgan fingerprint density at radius 2 is 1.74 bits per heavy atom. The van der Waals surface area contributed by atoms with Gasteiger partial charge in [-0.1, -0.05) is 6.07 Å². The van der Waals surface area contributed by atoms with Crippen molar-refractivity contribution < 1.29 is 19.1 Å². The fraction of sp³-hybridized carbons (Fsp3) is 0.588. The van der Waals surface area contributed by atoms with Crippen LogP contribution >= 0.6 is 0 Å². The molecule has 0 saturated carbocycles. The van der Waals surface area contributed by atoms with Gasteiger partial charge < -0.3 is 14.8 Å². The van der Waals surface area contributed by atoms with E-state index in [1.807, 2.05) is 6.07 Å². The Balaban J connectivity index is 2.83. The van der Waals surface area contributed by atoms with E-state index in [0.717, 1.165) is 5.56 Å². The molecular formula is C17H26N2O4.